The van der Waals surface area contributed by atoms with E-state index in [1.165, 1.54) is 12.7 Å². The molecule has 8 heteroatoms. The Balaban J connectivity index is 1.97. The van der Waals surface area contributed by atoms with Crippen LogP contribution in [0.1, 0.15) is 26.0 Å². The van der Waals surface area contributed by atoms with Crippen molar-refractivity contribution in [3.63, 3.8) is 0 Å². The highest BCUT2D eigenvalue weighted by atomic mass is 16.6. The highest BCUT2D eigenvalue weighted by Crippen LogP contribution is 2.33. The smallest absolute Gasteiger partial charge is 0.167 e. The summed E-state index contributed by atoms with van der Waals surface area (Å²) in [7, 11) is 0. The van der Waals surface area contributed by atoms with Crippen LogP contribution in [0, 0.1) is 0 Å². The van der Waals surface area contributed by atoms with Gasteiger partial charge in [0.05, 0.1) is 12.4 Å². The summed E-state index contributed by atoms with van der Waals surface area (Å²) in [4.78, 5) is 12.1. The third-order valence-electron chi connectivity index (χ3n) is 3.57. The minimum Gasteiger partial charge on any atom is -0.388 e. The maximum absolute atomic E-state index is 10.2. The number of ether oxygens (including phenoxy) is 1. The lowest BCUT2D eigenvalue weighted by Crippen LogP contribution is -2.31. The first kappa shape index (κ1) is 13.2. The summed E-state index contributed by atoms with van der Waals surface area (Å²) < 4.78 is 7.32. The number of imidazole rings is 1. The first-order valence-electron chi connectivity index (χ1n) is 6.58. The monoisotopic (exact) mass is 279 g/mol. The van der Waals surface area contributed by atoms with Crippen molar-refractivity contribution in [3.8, 4) is 0 Å². The largest absolute Gasteiger partial charge is 0.388 e. The van der Waals surface area contributed by atoms with E-state index in [1.54, 1.807) is 4.57 Å². The summed E-state index contributed by atoms with van der Waals surface area (Å²) in [5.74, 6) is 0.270. The van der Waals surface area contributed by atoms with Crippen LogP contribution in [0.15, 0.2) is 12.7 Å². The lowest BCUT2D eigenvalue weighted by molar-refractivity contribution is -0.0370. The first-order valence-corrected chi connectivity index (χ1v) is 6.58. The predicted octanol–water partition coefficient (Wildman–Crippen LogP) is -0.172. The van der Waals surface area contributed by atoms with Crippen molar-refractivity contribution in [2.75, 3.05) is 5.73 Å². The fraction of sp³-hybridized carbons (Fsp3) is 0.583. The summed E-state index contributed by atoms with van der Waals surface area (Å²) >= 11 is 0. The van der Waals surface area contributed by atoms with Crippen LogP contribution in [0.4, 0.5) is 5.82 Å². The van der Waals surface area contributed by atoms with E-state index in [9.17, 15) is 10.2 Å². The summed E-state index contributed by atoms with van der Waals surface area (Å²) in [6, 6.07) is 0. The van der Waals surface area contributed by atoms with Crippen LogP contribution in [-0.4, -0.2) is 48.0 Å². The van der Waals surface area contributed by atoms with Gasteiger partial charge in [0.2, 0.25) is 0 Å². The van der Waals surface area contributed by atoms with Gasteiger partial charge in [0.25, 0.3) is 0 Å². The summed E-state index contributed by atoms with van der Waals surface area (Å²) in [5, 5.41) is 20.2. The molecule has 108 valence electrons. The van der Waals surface area contributed by atoms with Gasteiger partial charge in [-0.15, -0.1) is 0 Å². The molecule has 0 unspecified atom stereocenters. The van der Waals surface area contributed by atoms with Gasteiger partial charge in [0.15, 0.2) is 17.7 Å². The van der Waals surface area contributed by atoms with E-state index < -0.39 is 24.5 Å². The predicted molar refractivity (Wildman–Crippen MR) is 70.6 cm³/mol. The number of fused-ring (bicyclic) bond motifs is 1. The lowest BCUT2D eigenvalue weighted by Gasteiger charge is -2.16. The van der Waals surface area contributed by atoms with Gasteiger partial charge in [-0.2, -0.15) is 0 Å². The zero-order valence-corrected chi connectivity index (χ0v) is 11.0. The molecule has 1 fully saturated rings. The number of aliphatic hydroxyl groups is 2. The number of aromatic nitrogens is 4. The van der Waals surface area contributed by atoms with Crippen LogP contribution >= 0.6 is 0 Å². The van der Waals surface area contributed by atoms with Crippen molar-refractivity contribution in [2.45, 2.75) is 44.3 Å². The zero-order chi connectivity index (χ0) is 14.3. The highest BCUT2D eigenvalue weighted by molar-refractivity contribution is 5.81. The number of rotatable bonds is 3. The van der Waals surface area contributed by atoms with Crippen molar-refractivity contribution >= 4 is 17.0 Å². The molecule has 0 saturated carbocycles. The van der Waals surface area contributed by atoms with E-state index in [-0.39, 0.29) is 5.82 Å². The Kier molecular flexibility index (Phi) is 3.28. The molecule has 4 atom stereocenters. The standard InChI is InChI=1S/C12H17N5O3/c1-2-3-6-8(18)9(19)12(20-6)17-5-16-7-10(13)14-4-15-11(7)17/h4-6,8-9,12,18-19H,2-3H2,1H3,(H2,13,14,15)/t6-,8-,9-,12-/m1/s1. The molecule has 4 N–H and O–H groups in total. The Morgan fingerprint density at radius 2 is 2.10 bits per heavy atom. The Bertz CT molecular complexity index is 616. The number of hydrogen-bond donors (Lipinski definition) is 3. The van der Waals surface area contributed by atoms with Crippen LogP contribution in [0.5, 0.6) is 0 Å². The normalized spacial score (nSPS) is 30.1. The minimum absolute atomic E-state index is 0.270. The van der Waals surface area contributed by atoms with Gasteiger partial charge >= 0.3 is 0 Å². The second-order valence-electron chi connectivity index (χ2n) is 4.92. The van der Waals surface area contributed by atoms with Crippen LogP contribution in [0.3, 0.4) is 0 Å². The number of nitrogens with two attached hydrogens (primary N) is 1. The second kappa shape index (κ2) is 4.97. The number of nitrogens with zero attached hydrogens (tertiary/aromatic N) is 4. The van der Waals surface area contributed by atoms with Crippen LogP contribution in [0.25, 0.3) is 11.2 Å². The lowest BCUT2D eigenvalue weighted by atomic mass is 10.1. The molecule has 0 radical (unpaired) electrons. The molecule has 3 rings (SSSR count). The molecular formula is C12H17N5O3. The molecule has 0 bridgehead atoms. The molecule has 8 nitrogen and oxygen atoms in total. The maximum atomic E-state index is 10.2. The van der Waals surface area contributed by atoms with Gasteiger partial charge in [-0.25, -0.2) is 15.0 Å². The topological polar surface area (TPSA) is 119 Å². The Morgan fingerprint density at radius 3 is 2.85 bits per heavy atom. The summed E-state index contributed by atoms with van der Waals surface area (Å²) in [6.45, 7) is 2.00. The highest BCUT2D eigenvalue weighted by Gasteiger charge is 2.43. The third-order valence-corrected chi connectivity index (χ3v) is 3.57. The molecule has 0 aliphatic carbocycles. The molecule has 0 spiro atoms. The third kappa shape index (κ3) is 1.92. The van der Waals surface area contributed by atoms with E-state index in [0.29, 0.717) is 17.6 Å². The van der Waals surface area contributed by atoms with E-state index in [1.807, 2.05) is 6.92 Å². The minimum atomic E-state index is -1.03. The molecule has 1 aliphatic heterocycles. The Morgan fingerprint density at radius 1 is 1.30 bits per heavy atom. The molecular weight excluding hydrogens is 262 g/mol. The van der Waals surface area contributed by atoms with Crippen molar-refractivity contribution in [1.82, 2.24) is 19.5 Å². The second-order valence-corrected chi connectivity index (χ2v) is 4.92. The van der Waals surface area contributed by atoms with Crippen LogP contribution in [-0.2, 0) is 4.74 Å². The van der Waals surface area contributed by atoms with Gasteiger partial charge in [-0.05, 0) is 6.42 Å². The van der Waals surface area contributed by atoms with Gasteiger partial charge < -0.3 is 20.7 Å². The maximum Gasteiger partial charge on any atom is 0.167 e. The average Bonchev–Trinajstić information content (AvgIpc) is 2.97. The first-order chi connectivity index (χ1) is 9.63. The zero-order valence-electron chi connectivity index (χ0n) is 11.0. The van der Waals surface area contributed by atoms with E-state index in [0.717, 1.165) is 6.42 Å². The number of hydrogen-bond acceptors (Lipinski definition) is 7. The molecule has 20 heavy (non-hydrogen) atoms. The van der Waals surface area contributed by atoms with Crippen molar-refractivity contribution in [3.05, 3.63) is 12.7 Å². The fourth-order valence-electron chi connectivity index (χ4n) is 2.54. The fourth-order valence-corrected chi connectivity index (χ4v) is 2.54. The van der Waals surface area contributed by atoms with Crippen molar-refractivity contribution in [1.29, 1.82) is 0 Å². The molecule has 2 aromatic heterocycles. The summed E-state index contributed by atoms with van der Waals surface area (Å²) in [5.41, 5.74) is 6.66. The van der Waals surface area contributed by atoms with Crippen LogP contribution in [0.2, 0.25) is 0 Å². The van der Waals surface area contributed by atoms with Gasteiger partial charge in [0.1, 0.15) is 24.1 Å². The number of nitrogen functional groups attached to an aromatic ring is 1. The van der Waals surface area contributed by atoms with Gasteiger partial charge in [0, 0.05) is 0 Å². The van der Waals surface area contributed by atoms with Crippen molar-refractivity contribution in [2.24, 2.45) is 0 Å². The van der Waals surface area contributed by atoms with Gasteiger partial charge in [-0.1, -0.05) is 13.3 Å². The molecule has 0 amide bonds. The molecule has 0 aromatic carbocycles. The molecule has 2 aromatic rings. The molecule has 3 heterocycles. The van der Waals surface area contributed by atoms with E-state index in [4.69, 9.17) is 10.5 Å². The average molecular weight is 279 g/mol. The molecule has 1 aliphatic rings. The quantitative estimate of drug-likeness (QED) is 0.713. The number of aliphatic hydroxyl groups excluding tert-OH is 2. The Labute approximate surface area is 115 Å². The Hall–Kier alpha value is -1.77. The van der Waals surface area contributed by atoms with Crippen LogP contribution < -0.4 is 5.73 Å². The van der Waals surface area contributed by atoms with E-state index in [2.05, 4.69) is 15.0 Å². The number of anilines is 1. The SMILES string of the molecule is CCC[C@H]1O[C@@H](n2cnc3c(N)ncnc32)[C@H](O)[C@@H]1O. The summed E-state index contributed by atoms with van der Waals surface area (Å²) in [6.07, 6.45) is 1.30. The molecule has 1 saturated heterocycles. The van der Waals surface area contributed by atoms with Gasteiger partial charge in [-0.3, -0.25) is 4.57 Å². The van der Waals surface area contributed by atoms with E-state index >= 15 is 0 Å². The van der Waals surface area contributed by atoms with Crippen molar-refractivity contribution < 1.29 is 14.9 Å².